The van der Waals surface area contributed by atoms with Crippen molar-refractivity contribution in [3.05, 3.63) is 33.8 Å². The van der Waals surface area contributed by atoms with E-state index in [1.165, 1.54) is 6.21 Å². The Kier molecular flexibility index (Phi) is 6.18. The van der Waals surface area contributed by atoms with Gasteiger partial charge in [-0.3, -0.25) is 9.59 Å². The van der Waals surface area contributed by atoms with Gasteiger partial charge in [-0.05, 0) is 25.0 Å². The molecule has 22 heavy (non-hydrogen) atoms. The first kappa shape index (κ1) is 16.7. The van der Waals surface area contributed by atoms with Crippen molar-refractivity contribution in [2.24, 2.45) is 5.10 Å². The molecule has 8 heteroatoms. The van der Waals surface area contributed by atoms with E-state index in [9.17, 15) is 9.59 Å². The molecule has 1 aromatic rings. The summed E-state index contributed by atoms with van der Waals surface area (Å²) < 4.78 is 5.34. The quantitative estimate of drug-likeness (QED) is 0.496. The van der Waals surface area contributed by atoms with Gasteiger partial charge in [0, 0.05) is 18.7 Å². The van der Waals surface area contributed by atoms with Crippen LogP contribution in [0.4, 0.5) is 0 Å². The lowest BCUT2D eigenvalue weighted by molar-refractivity contribution is -0.139. The summed E-state index contributed by atoms with van der Waals surface area (Å²) in [6.07, 6.45) is 3.11. The maximum absolute atomic E-state index is 11.6. The minimum atomic E-state index is -0.863. The lowest BCUT2D eigenvalue weighted by atomic mass is 10.2. The number of nitrogens with zero attached hydrogens (tertiary/aromatic N) is 1. The molecule has 1 aromatic carbocycles. The standard InChI is InChI=1S/C14H15Cl2N3O3/c15-11-4-1-5-12(16)10(11)8-18-19-14(21)13(20)17-7-9-3-2-6-22-9/h1,4-5,8-9H,2-3,6-7H2,(H,17,20)(H,19,21)/b18-8+. The predicted octanol–water partition coefficient (Wildman–Crippen LogP) is 1.74. The summed E-state index contributed by atoms with van der Waals surface area (Å²) in [6.45, 7) is 1.00. The molecule has 1 heterocycles. The molecule has 118 valence electrons. The van der Waals surface area contributed by atoms with Gasteiger partial charge in [0.25, 0.3) is 0 Å². The summed E-state index contributed by atoms with van der Waals surface area (Å²) in [5.41, 5.74) is 2.58. The second-order valence-electron chi connectivity index (χ2n) is 4.68. The fourth-order valence-electron chi connectivity index (χ4n) is 1.93. The maximum atomic E-state index is 11.6. The van der Waals surface area contributed by atoms with Crippen molar-refractivity contribution in [2.75, 3.05) is 13.2 Å². The molecule has 2 rings (SSSR count). The van der Waals surface area contributed by atoms with E-state index < -0.39 is 11.8 Å². The zero-order valence-electron chi connectivity index (χ0n) is 11.6. The van der Waals surface area contributed by atoms with Crippen molar-refractivity contribution in [1.29, 1.82) is 0 Å². The van der Waals surface area contributed by atoms with Crippen LogP contribution in [0.1, 0.15) is 18.4 Å². The van der Waals surface area contributed by atoms with Gasteiger partial charge in [-0.25, -0.2) is 5.43 Å². The van der Waals surface area contributed by atoms with Crippen LogP contribution in [-0.2, 0) is 14.3 Å². The molecule has 0 spiro atoms. The largest absolute Gasteiger partial charge is 0.376 e. The van der Waals surface area contributed by atoms with Gasteiger partial charge >= 0.3 is 11.8 Å². The molecule has 0 aliphatic carbocycles. The Hall–Kier alpha value is -1.63. The summed E-state index contributed by atoms with van der Waals surface area (Å²) in [7, 11) is 0. The number of halogens is 2. The number of ether oxygens (including phenoxy) is 1. The number of carbonyl (C=O) groups is 2. The molecule has 0 radical (unpaired) electrons. The minimum Gasteiger partial charge on any atom is -0.376 e. The number of hydrazone groups is 1. The van der Waals surface area contributed by atoms with Crippen LogP contribution in [0.5, 0.6) is 0 Å². The highest BCUT2D eigenvalue weighted by Crippen LogP contribution is 2.21. The van der Waals surface area contributed by atoms with E-state index in [0.29, 0.717) is 28.8 Å². The normalized spacial score (nSPS) is 17.6. The Bertz CT molecular complexity index is 566. The second-order valence-corrected chi connectivity index (χ2v) is 5.49. The Labute approximate surface area is 137 Å². The van der Waals surface area contributed by atoms with Gasteiger partial charge in [0.1, 0.15) is 0 Å². The third-order valence-electron chi connectivity index (χ3n) is 3.08. The highest BCUT2D eigenvalue weighted by Gasteiger charge is 2.18. The SMILES string of the molecule is O=C(NCC1CCCO1)C(=O)N/N=C/c1c(Cl)cccc1Cl. The van der Waals surface area contributed by atoms with E-state index in [0.717, 1.165) is 12.8 Å². The zero-order chi connectivity index (χ0) is 15.9. The monoisotopic (exact) mass is 343 g/mol. The molecular weight excluding hydrogens is 329 g/mol. The molecule has 0 bridgehead atoms. The van der Waals surface area contributed by atoms with Crippen LogP contribution in [0.3, 0.4) is 0 Å². The summed E-state index contributed by atoms with van der Waals surface area (Å²) in [6, 6.07) is 4.98. The van der Waals surface area contributed by atoms with Crippen LogP contribution in [0, 0.1) is 0 Å². The molecule has 1 fully saturated rings. The third-order valence-corrected chi connectivity index (χ3v) is 3.74. The molecule has 2 amide bonds. The average molecular weight is 344 g/mol. The van der Waals surface area contributed by atoms with E-state index >= 15 is 0 Å². The van der Waals surface area contributed by atoms with Crippen molar-refractivity contribution < 1.29 is 14.3 Å². The van der Waals surface area contributed by atoms with Crippen LogP contribution in [0.2, 0.25) is 10.0 Å². The first-order valence-corrected chi connectivity index (χ1v) is 7.50. The Balaban J connectivity index is 1.81. The fraction of sp³-hybridized carbons (Fsp3) is 0.357. The lowest BCUT2D eigenvalue weighted by Gasteiger charge is -2.09. The molecule has 1 aliphatic heterocycles. The first-order valence-electron chi connectivity index (χ1n) is 6.75. The van der Waals surface area contributed by atoms with Crippen molar-refractivity contribution in [2.45, 2.75) is 18.9 Å². The predicted molar refractivity (Wildman–Crippen MR) is 84.2 cm³/mol. The van der Waals surface area contributed by atoms with Gasteiger partial charge < -0.3 is 10.1 Å². The topological polar surface area (TPSA) is 79.8 Å². The van der Waals surface area contributed by atoms with Crippen molar-refractivity contribution >= 4 is 41.2 Å². The maximum Gasteiger partial charge on any atom is 0.329 e. The zero-order valence-corrected chi connectivity index (χ0v) is 13.2. The Morgan fingerprint density at radius 1 is 1.32 bits per heavy atom. The van der Waals surface area contributed by atoms with Crippen LogP contribution in [-0.4, -0.2) is 37.3 Å². The van der Waals surface area contributed by atoms with E-state index in [4.69, 9.17) is 27.9 Å². The highest BCUT2D eigenvalue weighted by atomic mass is 35.5. The van der Waals surface area contributed by atoms with Gasteiger partial charge in [0.2, 0.25) is 0 Å². The molecule has 0 saturated carbocycles. The number of benzene rings is 1. The van der Waals surface area contributed by atoms with Gasteiger partial charge in [0.05, 0.1) is 22.4 Å². The van der Waals surface area contributed by atoms with Crippen molar-refractivity contribution in [3.8, 4) is 0 Å². The highest BCUT2D eigenvalue weighted by molar-refractivity contribution is 6.38. The Morgan fingerprint density at radius 3 is 2.68 bits per heavy atom. The van der Waals surface area contributed by atoms with Crippen molar-refractivity contribution in [3.63, 3.8) is 0 Å². The van der Waals surface area contributed by atoms with E-state index in [2.05, 4.69) is 15.8 Å². The van der Waals surface area contributed by atoms with Crippen LogP contribution in [0.25, 0.3) is 0 Å². The molecule has 1 unspecified atom stereocenters. The number of amides is 2. The molecule has 6 nitrogen and oxygen atoms in total. The first-order chi connectivity index (χ1) is 10.6. The summed E-state index contributed by atoms with van der Waals surface area (Å²) in [5, 5.41) is 6.97. The van der Waals surface area contributed by atoms with E-state index in [1.54, 1.807) is 18.2 Å². The van der Waals surface area contributed by atoms with Gasteiger partial charge in [0.15, 0.2) is 0 Å². The minimum absolute atomic E-state index is 0.0258. The van der Waals surface area contributed by atoms with Gasteiger partial charge in [-0.2, -0.15) is 5.10 Å². The number of nitrogens with one attached hydrogen (secondary N) is 2. The number of hydrogen-bond donors (Lipinski definition) is 2. The summed E-state index contributed by atoms with van der Waals surface area (Å²) in [4.78, 5) is 23.1. The molecule has 1 saturated heterocycles. The molecule has 1 atom stereocenters. The van der Waals surface area contributed by atoms with E-state index in [-0.39, 0.29) is 6.10 Å². The lowest BCUT2D eigenvalue weighted by Crippen LogP contribution is -2.41. The third kappa shape index (κ3) is 4.69. The van der Waals surface area contributed by atoms with Crippen molar-refractivity contribution in [1.82, 2.24) is 10.7 Å². The molecule has 0 aromatic heterocycles. The smallest absolute Gasteiger partial charge is 0.329 e. The van der Waals surface area contributed by atoms with Gasteiger partial charge in [-0.15, -0.1) is 0 Å². The summed E-state index contributed by atoms with van der Waals surface area (Å²) >= 11 is 11.9. The number of carbonyl (C=O) groups excluding carboxylic acids is 2. The van der Waals surface area contributed by atoms with Gasteiger partial charge in [-0.1, -0.05) is 29.3 Å². The Morgan fingerprint density at radius 2 is 2.05 bits per heavy atom. The van der Waals surface area contributed by atoms with Crippen LogP contribution >= 0.6 is 23.2 Å². The molecular formula is C14H15Cl2N3O3. The second kappa shape index (κ2) is 8.12. The number of hydrogen-bond acceptors (Lipinski definition) is 4. The summed E-state index contributed by atoms with van der Waals surface area (Å²) in [5.74, 6) is -1.63. The van der Waals surface area contributed by atoms with Crippen LogP contribution in [0.15, 0.2) is 23.3 Å². The van der Waals surface area contributed by atoms with Crippen LogP contribution < -0.4 is 10.7 Å². The fourth-order valence-corrected chi connectivity index (χ4v) is 2.43. The molecule has 1 aliphatic rings. The average Bonchev–Trinajstić information content (AvgIpc) is 3.01. The number of rotatable bonds is 4. The van der Waals surface area contributed by atoms with E-state index in [1.807, 2.05) is 0 Å². The molecule has 2 N–H and O–H groups in total.